The smallest absolute Gasteiger partial charge is 0.408 e. The van der Waals surface area contributed by atoms with Crippen molar-refractivity contribution in [3.05, 3.63) is 0 Å². The van der Waals surface area contributed by atoms with E-state index in [2.05, 4.69) is 10.6 Å². The number of ether oxygens (including phenoxy) is 1. The molecule has 0 saturated heterocycles. The van der Waals surface area contributed by atoms with Gasteiger partial charge in [0.15, 0.2) is 0 Å². The van der Waals surface area contributed by atoms with Gasteiger partial charge >= 0.3 is 6.09 Å². The molecule has 0 radical (unpaired) electrons. The van der Waals surface area contributed by atoms with Crippen molar-refractivity contribution in [1.82, 2.24) is 10.6 Å². The van der Waals surface area contributed by atoms with E-state index in [-0.39, 0.29) is 5.91 Å². The molecule has 0 aliphatic heterocycles. The third kappa shape index (κ3) is 3.11. The molecule has 2 N–H and O–H groups in total. The van der Waals surface area contributed by atoms with Crippen molar-refractivity contribution in [3.63, 3.8) is 0 Å². The van der Waals surface area contributed by atoms with Crippen molar-refractivity contribution in [1.29, 1.82) is 0 Å². The highest BCUT2D eigenvalue weighted by molar-refractivity contribution is 5.92. The maximum absolute atomic E-state index is 11.4. The van der Waals surface area contributed by atoms with Crippen LogP contribution in [0.25, 0.3) is 0 Å². The molecule has 1 fully saturated rings. The van der Waals surface area contributed by atoms with Crippen molar-refractivity contribution in [3.8, 4) is 0 Å². The fourth-order valence-corrected chi connectivity index (χ4v) is 1.27. The lowest BCUT2D eigenvalue weighted by molar-refractivity contribution is -0.123. The van der Waals surface area contributed by atoms with E-state index in [4.69, 9.17) is 4.74 Å². The molecule has 1 rings (SSSR count). The first-order chi connectivity index (χ1) is 6.79. The fraction of sp³-hybridized carbons (Fsp3) is 0.800. The van der Waals surface area contributed by atoms with E-state index in [1.165, 1.54) is 0 Å². The molecule has 0 spiro atoms. The topological polar surface area (TPSA) is 67.4 Å². The van der Waals surface area contributed by atoms with Gasteiger partial charge in [0.1, 0.15) is 11.1 Å². The third-order valence-corrected chi connectivity index (χ3v) is 2.15. The first kappa shape index (κ1) is 11.8. The Kier molecular flexibility index (Phi) is 2.93. The Labute approximate surface area is 89.6 Å². The highest BCUT2D eigenvalue weighted by Crippen LogP contribution is 2.35. The monoisotopic (exact) mass is 214 g/mol. The highest BCUT2D eigenvalue weighted by Gasteiger charge is 2.51. The molecule has 2 amide bonds. The molecule has 0 bridgehead atoms. The van der Waals surface area contributed by atoms with E-state index in [0.717, 1.165) is 0 Å². The molecule has 5 heteroatoms. The number of carbonyl (C=O) groups is 2. The van der Waals surface area contributed by atoms with Crippen LogP contribution in [0.1, 0.15) is 33.6 Å². The molecule has 0 atom stereocenters. The molecule has 1 aliphatic carbocycles. The van der Waals surface area contributed by atoms with Gasteiger partial charge in [-0.25, -0.2) is 4.79 Å². The van der Waals surface area contributed by atoms with Crippen molar-refractivity contribution in [2.45, 2.75) is 44.8 Å². The lowest BCUT2D eigenvalue weighted by Crippen LogP contribution is -2.49. The summed E-state index contributed by atoms with van der Waals surface area (Å²) in [5.41, 5.74) is -1.26. The minimum atomic E-state index is -0.725. The number of rotatable bonds is 2. The van der Waals surface area contributed by atoms with E-state index in [0.29, 0.717) is 12.8 Å². The molecule has 0 unspecified atom stereocenters. The first-order valence-corrected chi connectivity index (χ1v) is 5.02. The zero-order chi connectivity index (χ0) is 11.7. The summed E-state index contributed by atoms with van der Waals surface area (Å²) >= 11 is 0. The summed E-state index contributed by atoms with van der Waals surface area (Å²) in [7, 11) is 1.55. The minimum absolute atomic E-state index is 0.159. The summed E-state index contributed by atoms with van der Waals surface area (Å²) in [6.07, 6.45) is 0.807. The molecule has 86 valence electrons. The van der Waals surface area contributed by atoms with Crippen LogP contribution in [-0.4, -0.2) is 30.2 Å². The second-order valence-corrected chi connectivity index (χ2v) is 4.79. The van der Waals surface area contributed by atoms with Crippen LogP contribution in [0.5, 0.6) is 0 Å². The van der Waals surface area contributed by atoms with Crippen molar-refractivity contribution in [2.24, 2.45) is 0 Å². The zero-order valence-corrected chi connectivity index (χ0v) is 9.64. The van der Waals surface area contributed by atoms with Crippen LogP contribution in [0.2, 0.25) is 0 Å². The van der Waals surface area contributed by atoms with E-state index in [1.807, 2.05) is 0 Å². The van der Waals surface area contributed by atoms with Gasteiger partial charge in [0.05, 0.1) is 0 Å². The van der Waals surface area contributed by atoms with E-state index in [9.17, 15) is 9.59 Å². The number of hydrogen-bond donors (Lipinski definition) is 2. The quantitative estimate of drug-likeness (QED) is 0.714. The van der Waals surface area contributed by atoms with Gasteiger partial charge in [0, 0.05) is 7.05 Å². The van der Waals surface area contributed by atoms with Gasteiger partial charge in [-0.15, -0.1) is 0 Å². The van der Waals surface area contributed by atoms with Gasteiger partial charge in [-0.05, 0) is 33.6 Å². The molecule has 5 nitrogen and oxygen atoms in total. The zero-order valence-electron chi connectivity index (χ0n) is 9.64. The first-order valence-electron chi connectivity index (χ1n) is 5.02. The number of likely N-dealkylation sites (N-methyl/N-ethyl adjacent to an activating group) is 1. The van der Waals surface area contributed by atoms with Crippen LogP contribution in [0, 0.1) is 0 Å². The van der Waals surface area contributed by atoms with Gasteiger partial charge in [-0.2, -0.15) is 0 Å². The third-order valence-electron chi connectivity index (χ3n) is 2.15. The number of nitrogens with one attached hydrogen (secondary N) is 2. The molecular formula is C10H18N2O3. The second kappa shape index (κ2) is 3.72. The van der Waals surface area contributed by atoms with Crippen molar-refractivity contribution >= 4 is 12.0 Å². The maximum Gasteiger partial charge on any atom is 0.408 e. The number of alkyl carbamates (subject to hydrolysis) is 1. The van der Waals surface area contributed by atoms with Crippen LogP contribution >= 0.6 is 0 Å². The van der Waals surface area contributed by atoms with Crippen LogP contribution in [-0.2, 0) is 9.53 Å². The minimum Gasteiger partial charge on any atom is -0.444 e. The molecule has 1 saturated carbocycles. The SMILES string of the molecule is CNC(=O)C1(NC(=O)OC(C)(C)C)CC1. The Hall–Kier alpha value is -1.26. The van der Waals surface area contributed by atoms with Gasteiger partial charge < -0.3 is 15.4 Å². The van der Waals surface area contributed by atoms with Crippen LogP contribution in [0.4, 0.5) is 4.79 Å². The fourth-order valence-electron chi connectivity index (χ4n) is 1.27. The standard InChI is InChI=1S/C10H18N2O3/c1-9(2,3)15-8(14)12-10(5-6-10)7(13)11-4/h5-6H2,1-4H3,(H,11,13)(H,12,14). The Balaban J connectivity index is 2.49. The Morgan fingerprint density at radius 1 is 1.27 bits per heavy atom. The summed E-state index contributed by atoms with van der Waals surface area (Å²) in [5, 5.41) is 5.13. The summed E-state index contributed by atoms with van der Waals surface area (Å²) in [5.74, 6) is -0.159. The van der Waals surface area contributed by atoms with E-state index in [1.54, 1.807) is 27.8 Å². The molecule has 0 heterocycles. The van der Waals surface area contributed by atoms with Gasteiger partial charge in [-0.1, -0.05) is 0 Å². The normalized spacial score (nSPS) is 17.9. The van der Waals surface area contributed by atoms with Crippen LogP contribution < -0.4 is 10.6 Å². The number of hydrogen-bond acceptors (Lipinski definition) is 3. The predicted molar refractivity (Wildman–Crippen MR) is 55.4 cm³/mol. The van der Waals surface area contributed by atoms with Gasteiger partial charge in [0.25, 0.3) is 0 Å². The average molecular weight is 214 g/mol. The lowest BCUT2D eigenvalue weighted by atomic mass is 10.2. The largest absolute Gasteiger partial charge is 0.444 e. The number of carbonyl (C=O) groups excluding carboxylic acids is 2. The predicted octanol–water partition coefficient (Wildman–Crippen LogP) is 0.790. The summed E-state index contributed by atoms with van der Waals surface area (Å²) < 4.78 is 5.08. The molecule has 0 aromatic rings. The molecular weight excluding hydrogens is 196 g/mol. The summed E-state index contributed by atoms with van der Waals surface area (Å²) in [4.78, 5) is 22.8. The van der Waals surface area contributed by atoms with Crippen LogP contribution in [0.3, 0.4) is 0 Å². The molecule has 0 aromatic carbocycles. The second-order valence-electron chi connectivity index (χ2n) is 4.79. The van der Waals surface area contributed by atoms with Gasteiger partial charge in [-0.3, -0.25) is 4.79 Å². The Bertz CT molecular complexity index is 277. The Morgan fingerprint density at radius 3 is 2.13 bits per heavy atom. The van der Waals surface area contributed by atoms with E-state index >= 15 is 0 Å². The van der Waals surface area contributed by atoms with Gasteiger partial charge in [0.2, 0.25) is 5.91 Å². The molecule has 15 heavy (non-hydrogen) atoms. The molecule has 0 aromatic heterocycles. The molecule has 1 aliphatic rings. The van der Waals surface area contributed by atoms with Crippen LogP contribution in [0.15, 0.2) is 0 Å². The maximum atomic E-state index is 11.4. The summed E-state index contributed by atoms with van der Waals surface area (Å²) in [6.45, 7) is 5.35. The average Bonchev–Trinajstić information content (AvgIpc) is 2.80. The lowest BCUT2D eigenvalue weighted by Gasteiger charge is -2.22. The summed E-state index contributed by atoms with van der Waals surface area (Å²) in [6, 6.07) is 0. The highest BCUT2D eigenvalue weighted by atomic mass is 16.6. The van der Waals surface area contributed by atoms with Crippen molar-refractivity contribution < 1.29 is 14.3 Å². The number of amides is 2. The van der Waals surface area contributed by atoms with Crippen molar-refractivity contribution in [2.75, 3.05) is 7.05 Å². The van der Waals surface area contributed by atoms with E-state index < -0.39 is 17.2 Å². The Morgan fingerprint density at radius 2 is 1.80 bits per heavy atom.